The summed E-state index contributed by atoms with van der Waals surface area (Å²) in [6.07, 6.45) is 1.15. The van der Waals surface area contributed by atoms with Crippen LogP contribution in [0.15, 0.2) is 24.4 Å². The van der Waals surface area contributed by atoms with Gasteiger partial charge in [-0.3, -0.25) is 4.79 Å². The molecule has 0 fully saturated rings. The Morgan fingerprint density at radius 2 is 1.94 bits per heavy atom. The van der Waals surface area contributed by atoms with E-state index in [-0.39, 0.29) is 23.5 Å². The van der Waals surface area contributed by atoms with Crippen LogP contribution in [0.5, 0.6) is 0 Å². The highest BCUT2D eigenvalue weighted by atomic mass is 19.1. The van der Waals surface area contributed by atoms with Crippen molar-refractivity contribution >= 4 is 5.78 Å². The summed E-state index contributed by atoms with van der Waals surface area (Å²) in [6.45, 7) is 0. The van der Waals surface area contributed by atoms with Crippen LogP contribution in [0.4, 0.5) is 8.78 Å². The molecule has 2 rings (SSSR count). The maximum absolute atomic E-state index is 12.8. The third kappa shape index (κ3) is 2.28. The highest BCUT2D eigenvalue weighted by Gasteiger charge is 2.11. The molecule has 0 unspecified atom stereocenters. The average Bonchev–Trinajstić information content (AvgIpc) is 2.68. The standard InChI is InChI=1S/C10H7F2N3O/c11-7-1-6(2-8(12)4-7)3-10(16)9-5-13-15-14-9/h1-2,4-5H,3H2,(H,13,14,15). The van der Waals surface area contributed by atoms with Crippen molar-refractivity contribution in [1.29, 1.82) is 0 Å². The molecule has 0 aliphatic carbocycles. The van der Waals surface area contributed by atoms with Crippen molar-refractivity contribution in [2.45, 2.75) is 6.42 Å². The third-order valence-corrected chi connectivity index (χ3v) is 1.99. The molecule has 1 aromatic heterocycles. The fourth-order valence-corrected chi connectivity index (χ4v) is 1.32. The number of nitrogens with one attached hydrogen (secondary N) is 1. The number of benzene rings is 1. The summed E-state index contributed by atoms with van der Waals surface area (Å²) in [7, 11) is 0. The van der Waals surface area contributed by atoms with Crippen molar-refractivity contribution in [3.05, 3.63) is 47.3 Å². The number of carbonyl (C=O) groups is 1. The van der Waals surface area contributed by atoms with E-state index in [0.717, 1.165) is 18.2 Å². The Labute approximate surface area is 89.3 Å². The van der Waals surface area contributed by atoms with Crippen LogP contribution in [0.3, 0.4) is 0 Å². The van der Waals surface area contributed by atoms with Crippen molar-refractivity contribution in [3.63, 3.8) is 0 Å². The number of aromatic amines is 1. The molecule has 0 bridgehead atoms. The molecular weight excluding hydrogens is 216 g/mol. The second-order valence-electron chi connectivity index (χ2n) is 3.23. The van der Waals surface area contributed by atoms with Crippen molar-refractivity contribution in [3.8, 4) is 0 Å². The molecule has 82 valence electrons. The summed E-state index contributed by atoms with van der Waals surface area (Å²) in [6, 6.07) is 2.98. The number of aromatic nitrogens is 3. The van der Waals surface area contributed by atoms with Crippen LogP contribution < -0.4 is 0 Å². The molecule has 4 nitrogen and oxygen atoms in total. The molecular formula is C10H7F2N3O. The van der Waals surface area contributed by atoms with Gasteiger partial charge in [-0.15, -0.1) is 0 Å². The molecule has 16 heavy (non-hydrogen) atoms. The lowest BCUT2D eigenvalue weighted by Gasteiger charge is -1.99. The van der Waals surface area contributed by atoms with Gasteiger partial charge < -0.3 is 0 Å². The molecule has 0 amide bonds. The zero-order chi connectivity index (χ0) is 11.5. The van der Waals surface area contributed by atoms with Gasteiger partial charge in [-0.05, 0) is 17.7 Å². The van der Waals surface area contributed by atoms with Gasteiger partial charge >= 0.3 is 0 Å². The lowest BCUT2D eigenvalue weighted by molar-refractivity contribution is 0.0988. The van der Waals surface area contributed by atoms with E-state index in [2.05, 4.69) is 15.4 Å². The number of hydrogen-bond acceptors (Lipinski definition) is 3. The predicted molar refractivity (Wildman–Crippen MR) is 50.8 cm³/mol. The van der Waals surface area contributed by atoms with E-state index in [9.17, 15) is 13.6 Å². The zero-order valence-corrected chi connectivity index (χ0v) is 8.08. The number of rotatable bonds is 3. The van der Waals surface area contributed by atoms with E-state index in [1.807, 2.05) is 0 Å². The second kappa shape index (κ2) is 4.18. The fraction of sp³-hybridized carbons (Fsp3) is 0.100. The predicted octanol–water partition coefficient (Wildman–Crippen LogP) is 1.51. The second-order valence-corrected chi connectivity index (χ2v) is 3.23. The summed E-state index contributed by atoms with van der Waals surface area (Å²) in [5.41, 5.74) is 0.412. The van der Waals surface area contributed by atoms with E-state index < -0.39 is 11.6 Å². The third-order valence-electron chi connectivity index (χ3n) is 1.99. The molecule has 6 heteroatoms. The van der Waals surface area contributed by atoms with Crippen molar-refractivity contribution < 1.29 is 13.6 Å². The molecule has 0 aliphatic heterocycles. The van der Waals surface area contributed by atoms with E-state index in [0.29, 0.717) is 0 Å². The van der Waals surface area contributed by atoms with Crippen LogP contribution in [-0.2, 0) is 6.42 Å². The Hall–Kier alpha value is -2.11. The first-order valence-electron chi connectivity index (χ1n) is 4.49. The number of halogens is 2. The van der Waals surface area contributed by atoms with Crippen molar-refractivity contribution in [1.82, 2.24) is 15.4 Å². The Bertz CT molecular complexity index is 491. The van der Waals surface area contributed by atoms with Gasteiger partial charge in [0.15, 0.2) is 5.78 Å². The van der Waals surface area contributed by atoms with Gasteiger partial charge in [-0.25, -0.2) is 8.78 Å². The summed E-state index contributed by atoms with van der Waals surface area (Å²) < 4.78 is 25.7. The summed E-state index contributed by atoms with van der Waals surface area (Å²) in [5.74, 6) is -1.76. The van der Waals surface area contributed by atoms with Gasteiger partial charge in [0, 0.05) is 12.5 Å². The number of ketones is 1. The molecule has 0 atom stereocenters. The smallest absolute Gasteiger partial charge is 0.189 e. The van der Waals surface area contributed by atoms with E-state index in [1.165, 1.54) is 6.20 Å². The van der Waals surface area contributed by atoms with Gasteiger partial charge in [-0.1, -0.05) is 0 Å². The first-order valence-corrected chi connectivity index (χ1v) is 4.49. The molecule has 1 N–H and O–H groups in total. The maximum Gasteiger partial charge on any atom is 0.189 e. The number of nitrogens with zero attached hydrogens (tertiary/aromatic N) is 2. The monoisotopic (exact) mass is 223 g/mol. The number of H-pyrrole nitrogens is 1. The van der Waals surface area contributed by atoms with Crippen LogP contribution in [0.25, 0.3) is 0 Å². The van der Waals surface area contributed by atoms with Crippen LogP contribution in [-0.4, -0.2) is 21.2 Å². The van der Waals surface area contributed by atoms with Gasteiger partial charge in [0.25, 0.3) is 0 Å². The van der Waals surface area contributed by atoms with E-state index >= 15 is 0 Å². The Balaban J connectivity index is 2.18. The molecule has 1 heterocycles. The van der Waals surface area contributed by atoms with Crippen LogP contribution >= 0.6 is 0 Å². The average molecular weight is 223 g/mol. The zero-order valence-electron chi connectivity index (χ0n) is 8.08. The van der Waals surface area contributed by atoms with Crippen molar-refractivity contribution in [2.75, 3.05) is 0 Å². The van der Waals surface area contributed by atoms with Crippen LogP contribution in [0.2, 0.25) is 0 Å². The minimum Gasteiger partial charge on any atom is -0.292 e. The molecule has 2 aromatic rings. The largest absolute Gasteiger partial charge is 0.292 e. The molecule has 0 radical (unpaired) electrons. The van der Waals surface area contributed by atoms with Crippen LogP contribution in [0.1, 0.15) is 16.1 Å². The van der Waals surface area contributed by atoms with E-state index in [1.54, 1.807) is 0 Å². The van der Waals surface area contributed by atoms with Gasteiger partial charge in [-0.2, -0.15) is 15.4 Å². The molecule has 1 aromatic carbocycles. The summed E-state index contributed by atoms with van der Waals surface area (Å²) in [4.78, 5) is 11.5. The normalized spacial score (nSPS) is 10.4. The highest BCUT2D eigenvalue weighted by Crippen LogP contribution is 2.10. The Morgan fingerprint density at radius 1 is 1.25 bits per heavy atom. The van der Waals surface area contributed by atoms with Crippen LogP contribution in [0, 0.1) is 11.6 Å². The van der Waals surface area contributed by atoms with Crippen molar-refractivity contribution in [2.24, 2.45) is 0 Å². The highest BCUT2D eigenvalue weighted by molar-refractivity contribution is 5.95. The topological polar surface area (TPSA) is 58.6 Å². The van der Waals surface area contributed by atoms with Gasteiger partial charge in [0.05, 0.1) is 6.20 Å². The number of hydrogen-bond donors (Lipinski definition) is 1. The number of carbonyl (C=O) groups excluding carboxylic acids is 1. The lowest BCUT2D eigenvalue weighted by atomic mass is 10.1. The molecule has 0 saturated carbocycles. The van der Waals surface area contributed by atoms with E-state index in [4.69, 9.17) is 0 Å². The fourth-order valence-electron chi connectivity index (χ4n) is 1.32. The number of Topliss-reactive ketones (excluding diaryl/α,β-unsaturated/α-hetero) is 1. The Morgan fingerprint density at radius 3 is 2.50 bits per heavy atom. The molecule has 0 spiro atoms. The Kier molecular flexibility index (Phi) is 2.72. The molecule has 0 aliphatic rings. The molecule has 0 saturated heterocycles. The van der Waals surface area contributed by atoms with Gasteiger partial charge in [0.2, 0.25) is 0 Å². The lowest BCUT2D eigenvalue weighted by Crippen LogP contribution is -2.04. The first kappa shape index (κ1) is 10.4. The maximum atomic E-state index is 12.8. The first-order chi connectivity index (χ1) is 7.65. The quantitative estimate of drug-likeness (QED) is 0.802. The van der Waals surface area contributed by atoms with Gasteiger partial charge in [0.1, 0.15) is 17.3 Å². The minimum atomic E-state index is -0.706. The minimum absolute atomic E-state index is 0.110. The SMILES string of the molecule is O=C(Cc1cc(F)cc(F)c1)c1cn[nH]n1. The summed E-state index contributed by atoms with van der Waals surface area (Å²) in [5, 5.41) is 9.35. The summed E-state index contributed by atoms with van der Waals surface area (Å²) >= 11 is 0.